The molecule has 12 rings (SSSR count). The van der Waals surface area contributed by atoms with Crippen molar-refractivity contribution >= 4 is 46.3 Å². The van der Waals surface area contributed by atoms with E-state index < -0.39 is 202 Å². The normalized spacial score (nSPS) is 15.2. The number of hydrogen-bond acceptors (Lipinski definition) is 1. The van der Waals surface area contributed by atoms with Crippen LogP contribution in [0, 0.1) is 6.08 Å². The van der Waals surface area contributed by atoms with Gasteiger partial charge in [-0.1, -0.05) is 170 Å². The van der Waals surface area contributed by atoms with Crippen molar-refractivity contribution in [3.63, 3.8) is 0 Å². The van der Waals surface area contributed by atoms with Crippen LogP contribution in [0.5, 0.6) is 0 Å². The average Bonchev–Trinajstić information content (AvgIpc) is 1.02. The van der Waals surface area contributed by atoms with Crippen LogP contribution in [0.15, 0.2) is 261 Å². The van der Waals surface area contributed by atoms with E-state index in [-0.39, 0.29) is 37.6 Å². The molecule has 2 fully saturated rings. The summed E-state index contributed by atoms with van der Waals surface area (Å²) >= 11 is 0. The molecule has 0 amide bonds. The minimum absolute atomic E-state index is 0. The van der Waals surface area contributed by atoms with Crippen LogP contribution in [0.3, 0.4) is 0 Å². The van der Waals surface area contributed by atoms with Crippen LogP contribution < -0.4 is 27.0 Å². The first-order chi connectivity index (χ1) is 51.5. The molecule has 10 aromatic carbocycles. The van der Waals surface area contributed by atoms with Gasteiger partial charge in [0.25, 0.3) is 0 Å². The Morgan fingerprint density at radius 2 is 0.595 bits per heavy atom. The fourth-order valence-electron chi connectivity index (χ4n) is 14.6. The number of halogens is 24. The van der Waals surface area contributed by atoms with E-state index in [0.29, 0.717) is 11.3 Å². The Labute approximate surface area is 643 Å². The Morgan fingerprint density at radius 1 is 0.342 bits per heavy atom. The third-order valence-electron chi connectivity index (χ3n) is 19.3. The van der Waals surface area contributed by atoms with E-state index in [1.807, 2.05) is 91.0 Å². The molecular weight excluding hydrogens is 1600 g/mol. The van der Waals surface area contributed by atoms with Crippen molar-refractivity contribution in [1.29, 1.82) is 0 Å². The Morgan fingerprint density at radius 3 is 0.847 bits per heavy atom. The summed E-state index contributed by atoms with van der Waals surface area (Å²) in [4.78, 5) is 0. The van der Waals surface area contributed by atoms with Crippen molar-refractivity contribution in [2.24, 2.45) is 0 Å². The molecule has 0 radical (unpaired) electrons. The molecule has 0 aliphatic heterocycles. The van der Waals surface area contributed by atoms with E-state index in [1.54, 1.807) is 0 Å². The molecule has 0 unspecified atom stereocenters. The number of benzene rings is 8. The van der Waals surface area contributed by atoms with Crippen LogP contribution >= 0.6 is 7.26 Å². The van der Waals surface area contributed by atoms with Crippen molar-refractivity contribution < 1.29 is 137 Å². The second-order valence-corrected chi connectivity index (χ2v) is 30.7. The number of allylic oxidation sites excluding steroid dienone is 1. The maximum Gasteiger partial charge on any atom is 4.00 e. The van der Waals surface area contributed by atoms with E-state index in [1.165, 1.54) is 80.6 Å². The molecule has 1 atom stereocenters. The molecule has 0 N–H and O–H groups in total. The summed E-state index contributed by atoms with van der Waals surface area (Å²) in [6.45, 7) is 0. The van der Waals surface area contributed by atoms with Crippen LogP contribution in [-0.4, -0.2) is 17.5 Å². The average molecular weight is 1670 g/mol. The van der Waals surface area contributed by atoms with Gasteiger partial charge in [0.1, 0.15) is 11.8 Å². The molecule has 28 heteroatoms. The van der Waals surface area contributed by atoms with Crippen LogP contribution in [0.4, 0.5) is 105 Å². The van der Waals surface area contributed by atoms with Gasteiger partial charge in [0.05, 0.1) is 55.8 Å². The van der Waals surface area contributed by atoms with Crippen molar-refractivity contribution in [2.45, 2.75) is 131 Å². The first kappa shape index (κ1) is 88.0. The molecule has 1 nitrogen and oxygen atoms in total. The van der Waals surface area contributed by atoms with Crippen molar-refractivity contribution in [3.05, 3.63) is 334 Å². The van der Waals surface area contributed by atoms with E-state index in [2.05, 4.69) is 103 Å². The molecule has 0 spiro atoms. The minimum Gasteiger partial charge on any atom is -0.872 e. The minimum atomic E-state index is -6.13. The van der Waals surface area contributed by atoms with E-state index in [4.69, 9.17) is 0 Å². The molecular formula is C83H66BF24OPZr. The fourth-order valence-corrected chi connectivity index (χ4v) is 21.5. The number of rotatable bonds is 13. The topological polar surface area (TPSA) is 23.1 Å². The maximum atomic E-state index is 14.3. The van der Waals surface area contributed by atoms with E-state index in [9.17, 15) is 110 Å². The number of alkyl halides is 24. The Kier molecular flexibility index (Phi) is 28.6. The summed E-state index contributed by atoms with van der Waals surface area (Å²) in [6.07, 6.45) is -35.8. The molecule has 584 valence electrons. The summed E-state index contributed by atoms with van der Waals surface area (Å²) < 4.78 is 341. The molecule has 2 aliphatic rings. The molecule has 0 heterocycles. The first-order valence-corrected chi connectivity index (χ1v) is 36.3. The van der Waals surface area contributed by atoms with Gasteiger partial charge in [-0.2, -0.15) is 164 Å². The summed E-state index contributed by atoms with van der Waals surface area (Å²) in [6, 6.07) is 54.1. The van der Waals surface area contributed by atoms with Crippen LogP contribution in [0.25, 0.3) is 11.1 Å². The predicted octanol–water partition coefficient (Wildman–Crippen LogP) is 24.7. The van der Waals surface area contributed by atoms with Gasteiger partial charge >= 0.3 is 75.6 Å². The van der Waals surface area contributed by atoms with Crippen LogP contribution in [0.1, 0.15) is 137 Å². The third-order valence-corrected chi connectivity index (χ3v) is 25.3. The van der Waals surface area contributed by atoms with Crippen molar-refractivity contribution in [2.75, 3.05) is 0 Å². The largest absolute Gasteiger partial charge is 4.00 e. The monoisotopic (exact) mass is 1670 g/mol. The zero-order chi connectivity index (χ0) is 80.3. The predicted molar refractivity (Wildman–Crippen MR) is 377 cm³/mol. The summed E-state index contributed by atoms with van der Waals surface area (Å²) in [5.41, 5.74) is -24.5. The van der Waals surface area contributed by atoms with E-state index >= 15 is 0 Å². The summed E-state index contributed by atoms with van der Waals surface area (Å²) in [7, 11) is -2.12. The van der Waals surface area contributed by atoms with Crippen molar-refractivity contribution in [1.82, 2.24) is 0 Å². The molecule has 0 aromatic heterocycles. The van der Waals surface area contributed by atoms with Crippen LogP contribution in [-0.2, 0) is 75.6 Å². The quantitative estimate of drug-likeness (QED) is 0.0282. The standard InChI is InChI=1S/C41H45OP.C32H12BF24.2C5H5.Zr/c42-39(34-21-9-2-10-22-34)32-41(36-25-13-4-14-26-36)43(37-27-15-5-16-28-37,38-29-17-6-18-30-38)40(35-23-11-3-12-24-35)31-33-19-7-1-8-20-33;34-25(35,36)13-1-14(26(37,38)39)6-21(5-13)33(22-7-15(27(40,41)42)2-16(8-22)28(43,44)45,23-9-17(29(46,47)48)3-18(10-23)30(49,50)51)24-11-19(31(52,53)54)4-20(12-24)32(55,56)57;2*1-2-4-5-3-1;/h1-4,7-14,19-26,32,37-38,41-42H,5-6,15-18,27-30H2;1-12H;2*1-5H;/q;3*-1;+4/p-1/b39-32-;;;;/t41-;;;;/m1..../s1. The fraction of sp³-hybridized carbons (Fsp3) is 0.253. The molecule has 111 heavy (non-hydrogen) atoms. The van der Waals surface area contributed by atoms with Gasteiger partial charge < -0.3 is 5.11 Å². The van der Waals surface area contributed by atoms with Crippen molar-refractivity contribution in [3.8, 4) is 0 Å². The van der Waals surface area contributed by atoms with E-state index in [0.717, 1.165) is 11.1 Å². The van der Waals surface area contributed by atoms with Gasteiger partial charge in [0, 0.05) is 12.6 Å². The smallest absolute Gasteiger partial charge is 0.872 e. The maximum absolute atomic E-state index is 14.3. The zero-order valence-corrected chi connectivity index (χ0v) is 61.5. The second kappa shape index (κ2) is 36.1. The van der Waals surface area contributed by atoms with Gasteiger partial charge in [-0.3, -0.25) is 0 Å². The summed E-state index contributed by atoms with van der Waals surface area (Å²) in [5, 5.41) is 15.7. The second-order valence-electron chi connectivity index (χ2n) is 26.5. The Hall–Kier alpha value is -8.56. The third kappa shape index (κ3) is 22.0. The van der Waals surface area contributed by atoms with Gasteiger partial charge in [0.15, 0.2) is 0 Å². The molecule has 10 aromatic rings. The molecule has 2 saturated carbocycles. The Balaban J connectivity index is 0.000000251. The van der Waals surface area contributed by atoms with Gasteiger partial charge in [-0.05, 0) is 92.8 Å². The van der Waals surface area contributed by atoms with Gasteiger partial charge in [0.2, 0.25) is 0 Å². The molecule has 2 aliphatic carbocycles. The van der Waals surface area contributed by atoms with Gasteiger partial charge in [-0.25, -0.2) is 24.3 Å². The van der Waals surface area contributed by atoms with Gasteiger partial charge in [-0.15, -0.1) is 35.6 Å². The van der Waals surface area contributed by atoms with Crippen LogP contribution in [0.2, 0.25) is 0 Å². The first-order valence-electron chi connectivity index (χ1n) is 34.3. The molecule has 0 bridgehead atoms. The number of hydrogen-bond donors (Lipinski definition) is 0. The SMILES string of the molecule is FC(F)(F)c1cc([B-](c2cc(C(F)(F)F)cc(C(F)(F)F)c2)(c2cc(C(F)(F)F)cc(C(F)(F)F)c2)c2cc(C(F)(F)F)cc(C(F)(F)F)c2)cc(C(F)(F)F)c1.[O-]/C(=C\[C@H](c1ccccc1)[P+](C(=[C-]c1ccccc1)c1ccccc1)(C1CCCCC1)C1CCCCC1)c1ccccc1.[Zr+4].c1cc[cH-]c1.c1cc[cH-]c1. The Bertz CT molecular complexity index is 4110. The zero-order valence-electron chi connectivity index (χ0n) is 58.1. The summed E-state index contributed by atoms with van der Waals surface area (Å²) in [5.74, 6) is 0.151. The molecule has 0 saturated heterocycles.